The molecule has 5 nitrogen and oxygen atoms in total. The van der Waals surface area contributed by atoms with E-state index in [4.69, 9.17) is 4.74 Å². The average Bonchev–Trinajstić information content (AvgIpc) is 3.00. The number of nitrogens with one attached hydrogen (secondary N) is 1. The van der Waals surface area contributed by atoms with Crippen LogP contribution in [0.15, 0.2) is 48.7 Å². The number of hydrogen-bond acceptors (Lipinski definition) is 3. The molecule has 3 aromatic rings. The Morgan fingerprint density at radius 1 is 1.19 bits per heavy atom. The van der Waals surface area contributed by atoms with E-state index in [-0.39, 0.29) is 24.3 Å². The Hall–Kier alpha value is -3.03. The maximum atomic E-state index is 12.7. The molecule has 0 aliphatic carbocycles. The maximum Gasteiger partial charge on any atom is 0.433 e. The molecule has 1 aliphatic heterocycles. The SMILES string of the molecule is O=C(Cc1c[nH]c2ccccc12)N1CC(Oc2cccc(C(F)(F)F)n2)C1. The standard InChI is InChI=1S/C19H16F3N3O2/c20-19(21,22)16-6-3-7-17(24-16)27-13-10-25(11-13)18(26)8-12-9-23-15-5-2-1-4-14(12)15/h1-7,9,13,23H,8,10-11H2. The number of alkyl halides is 3. The molecule has 0 unspecified atom stereocenters. The van der Waals surface area contributed by atoms with Gasteiger partial charge in [-0.3, -0.25) is 4.79 Å². The molecule has 0 saturated carbocycles. The smallest absolute Gasteiger partial charge is 0.433 e. The molecule has 4 rings (SSSR count). The third kappa shape index (κ3) is 3.60. The quantitative estimate of drug-likeness (QED) is 0.760. The van der Waals surface area contributed by atoms with Crippen LogP contribution in [0.2, 0.25) is 0 Å². The normalized spacial score (nSPS) is 15.0. The zero-order chi connectivity index (χ0) is 19.0. The van der Waals surface area contributed by atoms with E-state index in [1.807, 2.05) is 30.5 Å². The van der Waals surface area contributed by atoms with Gasteiger partial charge < -0.3 is 14.6 Å². The molecule has 1 saturated heterocycles. The highest BCUT2D eigenvalue weighted by Crippen LogP contribution is 2.29. The van der Waals surface area contributed by atoms with Gasteiger partial charge in [0.2, 0.25) is 11.8 Å². The third-order valence-electron chi connectivity index (χ3n) is 4.52. The molecule has 3 heterocycles. The molecule has 1 amide bonds. The summed E-state index contributed by atoms with van der Waals surface area (Å²) in [7, 11) is 0. The lowest BCUT2D eigenvalue weighted by atomic mass is 10.1. The summed E-state index contributed by atoms with van der Waals surface area (Å²) in [5, 5.41) is 1.01. The Morgan fingerprint density at radius 2 is 1.96 bits per heavy atom. The van der Waals surface area contributed by atoms with Crippen molar-refractivity contribution in [3.05, 3.63) is 59.9 Å². The number of pyridine rings is 1. The van der Waals surface area contributed by atoms with Crippen LogP contribution in [0.25, 0.3) is 10.9 Å². The van der Waals surface area contributed by atoms with Crippen LogP contribution in [0.3, 0.4) is 0 Å². The molecule has 0 radical (unpaired) electrons. The summed E-state index contributed by atoms with van der Waals surface area (Å²) < 4.78 is 43.5. The summed E-state index contributed by atoms with van der Waals surface area (Å²) >= 11 is 0. The number of carbonyl (C=O) groups is 1. The van der Waals surface area contributed by atoms with Crippen molar-refractivity contribution in [1.29, 1.82) is 0 Å². The zero-order valence-corrected chi connectivity index (χ0v) is 14.2. The number of fused-ring (bicyclic) bond motifs is 1. The van der Waals surface area contributed by atoms with Crippen molar-refractivity contribution in [2.45, 2.75) is 18.7 Å². The largest absolute Gasteiger partial charge is 0.471 e. The van der Waals surface area contributed by atoms with Crippen LogP contribution in [-0.4, -0.2) is 40.0 Å². The lowest BCUT2D eigenvalue weighted by Crippen LogP contribution is -2.56. The first-order valence-electron chi connectivity index (χ1n) is 8.44. The van der Waals surface area contributed by atoms with Crippen molar-refractivity contribution >= 4 is 16.8 Å². The van der Waals surface area contributed by atoms with E-state index >= 15 is 0 Å². The van der Waals surface area contributed by atoms with Crippen molar-refractivity contribution in [3.8, 4) is 5.88 Å². The van der Waals surface area contributed by atoms with E-state index < -0.39 is 11.9 Å². The minimum atomic E-state index is -4.51. The topological polar surface area (TPSA) is 58.2 Å². The van der Waals surface area contributed by atoms with Gasteiger partial charge in [0.15, 0.2) is 0 Å². The van der Waals surface area contributed by atoms with E-state index in [9.17, 15) is 18.0 Å². The van der Waals surface area contributed by atoms with Gasteiger partial charge in [0.1, 0.15) is 11.8 Å². The van der Waals surface area contributed by atoms with Gasteiger partial charge in [-0.2, -0.15) is 13.2 Å². The predicted octanol–water partition coefficient (Wildman–Crippen LogP) is 3.41. The van der Waals surface area contributed by atoms with Gasteiger partial charge in [-0.15, -0.1) is 0 Å². The summed E-state index contributed by atoms with van der Waals surface area (Å²) in [6, 6.07) is 11.3. The molecule has 1 aromatic carbocycles. The summed E-state index contributed by atoms with van der Waals surface area (Å²) in [4.78, 5) is 20.6. The molecule has 0 atom stereocenters. The number of aromatic amines is 1. The first kappa shape index (κ1) is 17.4. The monoisotopic (exact) mass is 375 g/mol. The van der Waals surface area contributed by atoms with Gasteiger partial charge in [0.05, 0.1) is 19.5 Å². The number of likely N-dealkylation sites (tertiary alicyclic amines) is 1. The molecule has 140 valence electrons. The molecule has 0 spiro atoms. The number of benzene rings is 1. The van der Waals surface area contributed by atoms with E-state index in [1.54, 1.807) is 4.90 Å². The average molecular weight is 375 g/mol. The Morgan fingerprint density at radius 3 is 2.74 bits per heavy atom. The highest BCUT2D eigenvalue weighted by molar-refractivity contribution is 5.89. The van der Waals surface area contributed by atoms with Gasteiger partial charge >= 0.3 is 6.18 Å². The fourth-order valence-corrected chi connectivity index (χ4v) is 3.08. The van der Waals surface area contributed by atoms with Crippen molar-refractivity contribution in [2.75, 3.05) is 13.1 Å². The second-order valence-electron chi connectivity index (χ2n) is 6.43. The molecule has 27 heavy (non-hydrogen) atoms. The second-order valence-corrected chi connectivity index (χ2v) is 6.43. The van der Waals surface area contributed by atoms with E-state index in [2.05, 4.69) is 9.97 Å². The number of amides is 1. The van der Waals surface area contributed by atoms with E-state index in [1.165, 1.54) is 12.1 Å². The summed E-state index contributed by atoms with van der Waals surface area (Å²) in [6.45, 7) is 0.665. The highest BCUT2D eigenvalue weighted by atomic mass is 19.4. The number of nitrogens with zero attached hydrogens (tertiary/aromatic N) is 2. The molecule has 0 bridgehead atoms. The third-order valence-corrected chi connectivity index (χ3v) is 4.52. The van der Waals surface area contributed by atoms with Crippen LogP contribution in [0.4, 0.5) is 13.2 Å². The number of ether oxygens (including phenoxy) is 1. The second kappa shape index (κ2) is 6.61. The zero-order valence-electron chi connectivity index (χ0n) is 14.2. The summed E-state index contributed by atoms with van der Waals surface area (Å²) in [6.07, 6.45) is -2.78. The number of hydrogen-bond donors (Lipinski definition) is 1. The van der Waals surface area contributed by atoms with Crippen LogP contribution in [0.5, 0.6) is 5.88 Å². The van der Waals surface area contributed by atoms with Crippen molar-refractivity contribution < 1.29 is 22.7 Å². The van der Waals surface area contributed by atoms with E-state index in [0.29, 0.717) is 13.1 Å². The van der Waals surface area contributed by atoms with E-state index in [0.717, 1.165) is 22.5 Å². The van der Waals surface area contributed by atoms with Crippen LogP contribution >= 0.6 is 0 Å². The van der Waals surface area contributed by atoms with Crippen molar-refractivity contribution in [3.63, 3.8) is 0 Å². The Bertz CT molecular complexity index is 977. The summed E-state index contributed by atoms with van der Waals surface area (Å²) in [5.74, 6) is -0.129. The van der Waals surface area contributed by atoms with Crippen LogP contribution in [0.1, 0.15) is 11.3 Å². The Kier molecular flexibility index (Phi) is 4.25. The fraction of sp³-hybridized carbons (Fsp3) is 0.263. The van der Waals surface area contributed by atoms with Crippen LogP contribution < -0.4 is 4.74 Å². The van der Waals surface area contributed by atoms with Gasteiger partial charge in [0.25, 0.3) is 0 Å². The first-order valence-corrected chi connectivity index (χ1v) is 8.44. The van der Waals surface area contributed by atoms with Crippen LogP contribution in [0, 0.1) is 0 Å². The number of rotatable bonds is 4. The van der Waals surface area contributed by atoms with Crippen molar-refractivity contribution in [1.82, 2.24) is 14.9 Å². The molecule has 2 aromatic heterocycles. The number of para-hydroxylation sites is 1. The van der Waals surface area contributed by atoms with Gasteiger partial charge in [-0.25, -0.2) is 4.98 Å². The Labute approximate surface area is 152 Å². The highest BCUT2D eigenvalue weighted by Gasteiger charge is 2.35. The first-order chi connectivity index (χ1) is 12.9. The van der Waals surface area contributed by atoms with Crippen LogP contribution in [-0.2, 0) is 17.4 Å². The van der Waals surface area contributed by atoms with Gasteiger partial charge in [-0.1, -0.05) is 24.3 Å². The molecule has 8 heteroatoms. The fourth-order valence-electron chi connectivity index (χ4n) is 3.08. The van der Waals surface area contributed by atoms with Crippen molar-refractivity contribution in [2.24, 2.45) is 0 Å². The number of halogens is 3. The molecule has 1 aliphatic rings. The molecular formula is C19H16F3N3O2. The molecular weight excluding hydrogens is 359 g/mol. The predicted molar refractivity (Wildman–Crippen MR) is 92.2 cm³/mol. The number of carbonyl (C=O) groups excluding carboxylic acids is 1. The summed E-state index contributed by atoms with van der Waals surface area (Å²) in [5.41, 5.74) is 0.895. The van der Waals surface area contributed by atoms with Gasteiger partial charge in [0, 0.05) is 23.2 Å². The lowest BCUT2D eigenvalue weighted by molar-refractivity contribution is -0.141. The minimum Gasteiger partial charge on any atom is -0.471 e. The minimum absolute atomic E-state index is 0.0448. The molecule has 1 fully saturated rings. The molecule has 1 N–H and O–H groups in total. The Balaban J connectivity index is 1.34. The lowest BCUT2D eigenvalue weighted by Gasteiger charge is -2.38. The number of H-pyrrole nitrogens is 1. The number of aromatic nitrogens is 2. The van der Waals surface area contributed by atoms with Gasteiger partial charge in [-0.05, 0) is 17.7 Å². The maximum absolute atomic E-state index is 12.7.